The molecule has 2 heterocycles. The number of aryl methyl sites for hydroxylation is 1. The summed E-state index contributed by atoms with van der Waals surface area (Å²) in [6.07, 6.45) is 5.24. The molecule has 0 unspecified atom stereocenters. The van der Waals surface area contributed by atoms with Crippen LogP contribution in [-0.4, -0.2) is 36.8 Å². The fraction of sp³-hybridized carbons (Fsp3) is 0.222. The van der Waals surface area contributed by atoms with E-state index in [-0.39, 0.29) is 11.4 Å². The van der Waals surface area contributed by atoms with Crippen LogP contribution in [0.25, 0.3) is 11.3 Å². The second-order valence-corrected chi connectivity index (χ2v) is 7.50. The third-order valence-corrected chi connectivity index (χ3v) is 5.39. The summed E-state index contributed by atoms with van der Waals surface area (Å²) in [6, 6.07) is 10.4. The number of nitrogens with one attached hydrogen (secondary N) is 1. The fourth-order valence-corrected chi connectivity index (χ4v) is 3.66. The molecule has 0 saturated heterocycles. The topological polar surface area (TPSA) is 86.1 Å². The Kier molecular flexibility index (Phi) is 5.34. The van der Waals surface area contributed by atoms with Crippen LogP contribution in [0.1, 0.15) is 5.56 Å². The van der Waals surface area contributed by atoms with Crippen molar-refractivity contribution in [3.63, 3.8) is 0 Å². The molecule has 0 amide bonds. The van der Waals surface area contributed by atoms with E-state index >= 15 is 0 Å². The molecular weight excluding hydrogens is 352 g/mol. The first-order valence-corrected chi connectivity index (χ1v) is 9.56. The third kappa shape index (κ3) is 4.09. The highest BCUT2D eigenvalue weighted by atomic mass is 32.2. The van der Waals surface area contributed by atoms with Gasteiger partial charge in [-0.2, -0.15) is 5.10 Å². The number of methoxy groups -OCH3 is 1. The number of sulfonamides is 1. The molecule has 0 aliphatic heterocycles. The molecule has 0 aliphatic rings. The maximum absolute atomic E-state index is 12.4. The summed E-state index contributed by atoms with van der Waals surface area (Å²) in [5.41, 5.74) is 2.55. The van der Waals surface area contributed by atoms with E-state index in [1.54, 1.807) is 36.3 Å². The van der Waals surface area contributed by atoms with Gasteiger partial charge < -0.3 is 4.74 Å². The van der Waals surface area contributed by atoms with Crippen molar-refractivity contribution in [2.75, 3.05) is 13.7 Å². The zero-order valence-electron chi connectivity index (χ0n) is 14.6. The minimum Gasteiger partial charge on any atom is -0.496 e. The molecule has 7 nitrogen and oxygen atoms in total. The van der Waals surface area contributed by atoms with Crippen LogP contribution in [0.4, 0.5) is 0 Å². The van der Waals surface area contributed by atoms with Gasteiger partial charge in [-0.3, -0.25) is 9.67 Å². The predicted octanol–water partition coefficient (Wildman–Crippen LogP) is 2.24. The first kappa shape index (κ1) is 18.1. The van der Waals surface area contributed by atoms with E-state index in [9.17, 15) is 8.42 Å². The smallest absolute Gasteiger partial charge is 0.240 e. The van der Waals surface area contributed by atoms with Gasteiger partial charge >= 0.3 is 0 Å². The molecule has 3 aromatic rings. The summed E-state index contributed by atoms with van der Waals surface area (Å²) >= 11 is 0. The summed E-state index contributed by atoms with van der Waals surface area (Å²) in [6.45, 7) is 2.48. The Balaban J connectivity index is 1.62. The first-order valence-electron chi connectivity index (χ1n) is 8.08. The fourth-order valence-electron chi connectivity index (χ4n) is 2.56. The van der Waals surface area contributed by atoms with Gasteiger partial charge in [-0.25, -0.2) is 13.1 Å². The molecule has 2 aromatic heterocycles. The largest absolute Gasteiger partial charge is 0.496 e. The van der Waals surface area contributed by atoms with Crippen LogP contribution in [0.3, 0.4) is 0 Å². The zero-order chi connectivity index (χ0) is 18.6. The molecule has 1 aromatic carbocycles. The number of rotatable bonds is 7. The van der Waals surface area contributed by atoms with E-state index in [2.05, 4.69) is 14.8 Å². The number of nitrogens with zero attached hydrogens (tertiary/aromatic N) is 3. The number of benzene rings is 1. The SMILES string of the molecule is COc1ccc(S(=O)(=O)NCCn2ccc(-c3ccncc3)n2)cc1C. The van der Waals surface area contributed by atoms with E-state index in [1.165, 1.54) is 6.07 Å². The van der Waals surface area contributed by atoms with Crippen molar-refractivity contribution in [1.82, 2.24) is 19.5 Å². The molecule has 0 bridgehead atoms. The summed E-state index contributed by atoms with van der Waals surface area (Å²) in [7, 11) is -2.02. The normalized spacial score (nSPS) is 11.5. The number of pyridine rings is 1. The van der Waals surface area contributed by atoms with Crippen molar-refractivity contribution < 1.29 is 13.2 Å². The lowest BCUT2D eigenvalue weighted by Crippen LogP contribution is -2.27. The van der Waals surface area contributed by atoms with Crippen molar-refractivity contribution in [1.29, 1.82) is 0 Å². The minimum atomic E-state index is -3.58. The average molecular weight is 372 g/mol. The minimum absolute atomic E-state index is 0.216. The standard InChI is InChI=1S/C18H20N4O3S/c1-14-13-16(3-4-18(14)25-2)26(23,24)20-10-12-22-11-7-17(21-22)15-5-8-19-9-6-15/h3-9,11,13,20H,10,12H2,1-2H3. The number of aromatic nitrogens is 3. The summed E-state index contributed by atoms with van der Waals surface area (Å²) in [5.74, 6) is 0.657. The van der Waals surface area contributed by atoms with E-state index < -0.39 is 10.0 Å². The van der Waals surface area contributed by atoms with Crippen LogP contribution in [0.5, 0.6) is 5.75 Å². The Labute approximate surface area is 152 Å². The van der Waals surface area contributed by atoms with Gasteiger partial charge in [-0.1, -0.05) is 0 Å². The number of hydrogen-bond donors (Lipinski definition) is 1. The van der Waals surface area contributed by atoms with Crippen molar-refractivity contribution in [3.05, 3.63) is 60.6 Å². The molecule has 0 spiro atoms. The van der Waals surface area contributed by atoms with E-state index in [0.717, 1.165) is 16.8 Å². The monoisotopic (exact) mass is 372 g/mol. The summed E-state index contributed by atoms with van der Waals surface area (Å²) in [4.78, 5) is 4.20. The molecule has 0 fully saturated rings. The average Bonchev–Trinajstić information content (AvgIpc) is 3.11. The lowest BCUT2D eigenvalue weighted by molar-refractivity contribution is 0.411. The van der Waals surface area contributed by atoms with Gasteiger partial charge in [0.1, 0.15) is 5.75 Å². The highest BCUT2D eigenvalue weighted by Crippen LogP contribution is 2.21. The Hall–Kier alpha value is -2.71. The molecular formula is C18H20N4O3S. The van der Waals surface area contributed by atoms with E-state index in [0.29, 0.717) is 12.3 Å². The van der Waals surface area contributed by atoms with Crippen LogP contribution in [0.15, 0.2) is 59.9 Å². The Morgan fingerprint density at radius 2 is 1.92 bits per heavy atom. The number of ether oxygens (including phenoxy) is 1. The van der Waals surface area contributed by atoms with Gasteiger partial charge in [-0.05, 0) is 48.9 Å². The van der Waals surface area contributed by atoms with Crippen LogP contribution >= 0.6 is 0 Å². The van der Waals surface area contributed by atoms with Crippen LogP contribution in [0.2, 0.25) is 0 Å². The maximum Gasteiger partial charge on any atom is 0.240 e. The summed E-state index contributed by atoms with van der Waals surface area (Å²) in [5, 5.41) is 4.45. The Morgan fingerprint density at radius 1 is 1.15 bits per heavy atom. The predicted molar refractivity (Wildman–Crippen MR) is 98.4 cm³/mol. The molecule has 136 valence electrons. The maximum atomic E-state index is 12.4. The highest BCUT2D eigenvalue weighted by Gasteiger charge is 2.15. The second-order valence-electron chi connectivity index (χ2n) is 5.73. The Morgan fingerprint density at radius 3 is 2.62 bits per heavy atom. The van der Waals surface area contributed by atoms with Crippen LogP contribution < -0.4 is 9.46 Å². The second kappa shape index (κ2) is 7.67. The molecule has 1 N–H and O–H groups in total. The molecule has 0 atom stereocenters. The Bertz CT molecular complexity index is 985. The van der Waals surface area contributed by atoms with Crippen molar-refractivity contribution >= 4 is 10.0 Å². The molecule has 0 saturated carbocycles. The quantitative estimate of drug-likeness (QED) is 0.687. The molecule has 8 heteroatoms. The van der Waals surface area contributed by atoms with E-state index in [4.69, 9.17) is 4.74 Å². The molecule has 3 rings (SSSR count). The summed E-state index contributed by atoms with van der Waals surface area (Å²) < 4.78 is 34.3. The van der Waals surface area contributed by atoms with Crippen molar-refractivity contribution in [2.24, 2.45) is 0 Å². The molecule has 0 radical (unpaired) electrons. The van der Waals surface area contributed by atoms with Crippen LogP contribution in [-0.2, 0) is 16.6 Å². The lowest BCUT2D eigenvalue weighted by Gasteiger charge is -2.10. The molecule has 0 aliphatic carbocycles. The van der Waals surface area contributed by atoms with Crippen molar-refractivity contribution in [3.8, 4) is 17.0 Å². The zero-order valence-corrected chi connectivity index (χ0v) is 15.4. The van der Waals surface area contributed by atoms with Gasteiger partial charge in [0.15, 0.2) is 0 Å². The van der Waals surface area contributed by atoms with Crippen molar-refractivity contribution in [2.45, 2.75) is 18.4 Å². The van der Waals surface area contributed by atoms with Crippen LogP contribution in [0, 0.1) is 6.92 Å². The van der Waals surface area contributed by atoms with E-state index in [1.807, 2.05) is 31.3 Å². The number of hydrogen-bond acceptors (Lipinski definition) is 5. The lowest BCUT2D eigenvalue weighted by atomic mass is 10.2. The third-order valence-electron chi connectivity index (χ3n) is 3.93. The van der Waals surface area contributed by atoms with Gasteiger partial charge in [0.25, 0.3) is 0 Å². The highest BCUT2D eigenvalue weighted by molar-refractivity contribution is 7.89. The van der Waals surface area contributed by atoms with Gasteiger partial charge in [0, 0.05) is 30.7 Å². The van der Waals surface area contributed by atoms with Gasteiger partial charge in [0.05, 0.1) is 24.2 Å². The van der Waals surface area contributed by atoms with Gasteiger partial charge in [0.2, 0.25) is 10.0 Å². The molecule has 26 heavy (non-hydrogen) atoms. The van der Waals surface area contributed by atoms with Gasteiger partial charge in [-0.15, -0.1) is 0 Å². The first-order chi connectivity index (χ1) is 12.5.